The molecule has 2 heterocycles. The van der Waals surface area contributed by atoms with Gasteiger partial charge in [-0.05, 0) is 121 Å². The Morgan fingerprint density at radius 2 is 1.87 bits per heavy atom. The van der Waals surface area contributed by atoms with Gasteiger partial charge in [-0.1, -0.05) is 46.7 Å². The minimum atomic E-state index is -0.812. The number of hydrogen-bond donors (Lipinski definition) is 0. The van der Waals surface area contributed by atoms with E-state index in [-0.39, 0.29) is 30.5 Å². The molecule has 0 radical (unpaired) electrons. The molecule has 0 amide bonds. The van der Waals surface area contributed by atoms with Crippen LogP contribution in [0.3, 0.4) is 0 Å². The van der Waals surface area contributed by atoms with Gasteiger partial charge in [0, 0.05) is 24.7 Å². The summed E-state index contributed by atoms with van der Waals surface area (Å²) in [7, 11) is 1.55. The average Bonchev–Trinajstić information content (AvgIpc) is 3.30. The first-order chi connectivity index (χ1) is 22.4. The van der Waals surface area contributed by atoms with Crippen LogP contribution in [0, 0.1) is 7.14 Å². The molecular formula is C34H30Cl2I2N2O6S. The molecule has 246 valence electrons. The first-order valence-electron chi connectivity index (χ1n) is 14.5. The zero-order valence-corrected chi connectivity index (χ0v) is 32.7. The molecule has 1 atom stereocenters. The van der Waals surface area contributed by atoms with Crippen molar-refractivity contribution in [1.29, 1.82) is 0 Å². The zero-order chi connectivity index (χ0) is 34.0. The Hall–Kier alpha value is -2.59. The van der Waals surface area contributed by atoms with Crippen molar-refractivity contribution in [3.8, 4) is 17.2 Å². The van der Waals surface area contributed by atoms with Crippen LogP contribution in [0.25, 0.3) is 6.08 Å². The molecular weight excluding hydrogens is 889 g/mol. The minimum absolute atomic E-state index is 0.0780. The van der Waals surface area contributed by atoms with Crippen LogP contribution in [0.15, 0.2) is 69.6 Å². The number of hydrogen-bond acceptors (Lipinski definition) is 8. The van der Waals surface area contributed by atoms with E-state index in [0.29, 0.717) is 53.5 Å². The van der Waals surface area contributed by atoms with Crippen molar-refractivity contribution in [3.63, 3.8) is 0 Å². The molecule has 0 bridgehead atoms. The lowest BCUT2D eigenvalue weighted by molar-refractivity contribution is -0.139. The van der Waals surface area contributed by atoms with Gasteiger partial charge in [-0.25, -0.2) is 9.79 Å². The van der Waals surface area contributed by atoms with Gasteiger partial charge < -0.3 is 18.9 Å². The maximum atomic E-state index is 14.3. The summed E-state index contributed by atoms with van der Waals surface area (Å²) in [5.41, 5.74) is 2.57. The highest BCUT2D eigenvalue weighted by Gasteiger charge is 2.34. The summed E-state index contributed by atoms with van der Waals surface area (Å²) in [4.78, 5) is 32.9. The van der Waals surface area contributed by atoms with Crippen LogP contribution in [0.5, 0.6) is 17.2 Å². The smallest absolute Gasteiger partial charge is 0.338 e. The summed E-state index contributed by atoms with van der Waals surface area (Å²) in [6.45, 7) is 7.71. The number of ether oxygens (including phenoxy) is 4. The third kappa shape index (κ3) is 7.85. The van der Waals surface area contributed by atoms with Crippen LogP contribution < -0.4 is 29.1 Å². The maximum Gasteiger partial charge on any atom is 0.338 e. The first kappa shape index (κ1) is 35.7. The fraction of sp³-hybridized carbons (Fsp3) is 0.265. The van der Waals surface area contributed by atoms with Gasteiger partial charge >= 0.3 is 5.97 Å². The Morgan fingerprint density at radius 3 is 2.55 bits per heavy atom. The summed E-state index contributed by atoms with van der Waals surface area (Å²) >= 11 is 18.2. The van der Waals surface area contributed by atoms with Crippen LogP contribution in [-0.2, 0) is 16.1 Å². The van der Waals surface area contributed by atoms with Gasteiger partial charge in [-0.15, -0.1) is 0 Å². The number of carbonyl (C=O) groups excluding carboxylic acids is 1. The van der Waals surface area contributed by atoms with Gasteiger partial charge in [0.25, 0.3) is 5.56 Å². The fourth-order valence-electron chi connectivity index (χ4n) is 5.08. The van der Waals surface area contributed by atoms with E-state index >= 15 is 0 Å². The molecule has 0 aliphatic carbocycles. The monoisotopic (exact) mass is 918 g/mol. The van der Waals surface area contributed by atoms with Gasteiger partial charge in [0.2, 0.25) is 0 Å². The second-order valence-electron chi connectivity index (χ2n) is 10.7. The van der Waals surface area contributed by atoms with Crippen molar-refractivity contribution in [2.75, 3.05) is 13.7 Å². The number of aromatic nitrogens is 1. The molecule has 1 aliphatic rings. The Balaban J connectivity index is 1.66. The predicted octanol–water partition coefficient (Wildman–Crippen LogP) is 7.69. The number of halogens is 4. The number of esters is 1. The molecule has 0 spiro atoms. The molecule has 5 rings (SSSR count). The summed E-state index contributed by atoms with van der Waals surface area (Å²) < 4.78 is 27.1. The molecule has 0 fully saturated rings. The third-order valence-corrected chi connectivity index (χ3v) is 10.1. The van der Waals surface area contributed by atoms with Crippen molar-refractivity contribution in [1.82, 2.24) is 4.57 Å². The average molecular weight is 919 g/mol. The van der Waals surface area contributed by atoms with Crippen molar-refractivity contribution in [3.05, 3.63) is 113 Å². The molecule has 1 aromatic heterocycles. The molecule has 3 aromatic carbocycles. The lowest BCUT2D eigenvalue weighted by Gasteiger charge is -2.25. The summed E-state index contributed by atoms with van der Waals surface area (Å²) in [6.07, 6.45) is 1.72. The standard InChI is InChI=1S/C34H30Cl2I2N2O6S/c1-6-44-33(42)29-18(4)39-34-40(30(29)19-8-10-26(46-17(2)3)27(12-19)43-5)32(41)28(47-34)13-21-11-23(37)15-25(38)31(21)45-16-20-7-9-22(35)14-24(20)36/h7-15,17,30H,6,16H2,1-5H3/b28-13+/t30-/m1/s1. The highest BCUT2D eigenvalue weighted by Crippen LogP contribution is 2.37. The lowest BCUT2D eigenvalue weighted by Crippen LogP contribution is -2.40. The van der Waals surface area contributed by atoms with Gasteiger partial charge in [-0.2, -0.15) is 0 Å². The van der Waals surface area contributed by atoms with Crippen molar-refractivity contribution in [2.45, 2.75) is 46.4 Å². The highest BCUT2D eigenvalue weighted by molar-refractivity contribution is 14.1. The number of thiazole rings is 1. The van der Waals surface area contributed by atoms with Crippen LogP contribution in [0.4, 0.5) is 0 Å². The van der Waals surface area contributed by atoms with E-state index in [0.717, 1.165) is 12.7 Å². The van der Waals surface area contributed by atoms with E-state index in [1.54, 1.807) is 55.9 Å². The number of nitrogens with zero attached hydrogens (tertiary/aromatic N) is 2. The van der Waals surface area contributed by atoms with Crippen LogP contribution in [0.2, 0.25) is 10.0 Å². The van der Waals surface area contributed by atoms with E-state index in [9.17, 15) is 9.59 Å². The maximum absolute atomic E-state index is 14.3. The number of carbonyl (C=O) groups is 1. The fourth-order valence-corrected chi connectivity index (χ4v) is 8.63. The van der Waals surface area contributed by atoms with Crippen molar-refractivity contribution >= 4 is 91.8 Å². The van der Waals surface area contributed by atoms with E-state index in [1.807, 2.05) is 38.1 Å². The molecule has 8 nitrogen and oxygen atoms in total. The second kappa shape index (κ2) is 15.3. The van der Waals surface area contributed by atoms with Gasteiger partial charge in [0.1, 0.15) is 12.4 Å². The lowest BCUT2D eigenvalue weighted by atomic mass is 9.95. The normalized spacial score (nSPS) is 14.6. The van der Waals surface area contributed by atoms with E-state index in [1.165, 1.54) is 11.3 Å². The molecule has 0 N–H and O–H groups in total. The highest BCUT2D eigenvalue weighted by atomic mass is 127. The minimum Gasteiger partial charge on any atom is -0.493 e. The van der Waals surface area contributed by atoms with Crippen LogP contribution >= 0.6 is 79.7 Å². The van der Waals surface area contributed by atoms with Crippen LogP contribution in [-0.4, -0.2) is 30.4 Å². The third-order valence-electron chi connectivity index (χ3n) is 7.09. The number of benzene rings is 3. The quantitative estimate of drug-likeness (QED) is 0.120. The SMILES string of the molecule is CCOC(=O)C1=C(C)N=c2s/c(=C/c3cc(I)cc(I)c3OCc3ccc(Cl)cc3Cl)c(=O)n2[C@@H]1c1ccc(OC(C)C)c(OC)c1. The van der Waals surface area contributed by atoms with E-state index in [4.69, 9.17) is 47.1 Å². The number of rotatable bonds is 10. The van der Waals surface area contributed by atoms with Gasteiger partial charge in [0.15, 0.2) is 16.3 Å². The Morgan fingerprint density at radius 1 is 1.11 bits per heavy atom. The first-order valence-corrected chi connectivity index (χ1v) is 18.2. The number of allylic oxidation sites excluding steroid dienone is 1. The second-order valence-corrected chi connectivity index (χ2v) is 15.0. The molecule has 1 aliphatic heterocycles. The van der Waals surface area contributed by atoms with Gasteiger partial charge in [-0.3, -0.25) is 9.36 Å². The number of methoxy groups -OCH3 is 1. The summed E-state index contributed by atoms with van der Waals surface area (Å²) in [5.74, 6) is 1.09. The molecule has 0 saturated carbocycles. The largest absolute Gasteiger partial charge is 0.493 e. The molecule has 0 saturated heterocycles. The van der Waals surface area contributed by atoms with Crippen molar-refractivity contribution in [2.24, 2.45) is 4.99 Å². The Kier molecular flexibility index (Phi) is 11.6. The molecule has 4 aromatic rings. The number of fused-ring (bicyclic) bond motifs is 1. The molecule has 0 unspecified atom stereocenters. The van der Waals surface area contributed by atoms with Crippen LogP contribution in [0.1, 0.15) is 50.4 Å². The van der Waals surface area contributed by atoms with E-state index in [2.05, 4.69) is 45.2 Å². The summed E-state index contributed by atoms with van der Waals surface area (Å²) in [5, 5.41) is 1.04. The Labute approximate surface area is 313 Å². The summed E-state index contributed by atoms with van der Waals surface area (Å²) in [6, 6.07) is 13.8. The van der Waals surface area contributed by atoms with E-state index < -0.39 is 12.0 Å². The van der Waals surface area contributed by atoms with Gasteiger partial charge in [0.05, 0.1) is 45.2 Å². The topological polar surface area (TPSA) is 88.4 Å². The Bertz CT molecular complexity index is 2080. The zero-order valence-electron chi connectivity index (χ0n) is 26.0. The predicted molar refractivity (Wildman–Crippen MR) is 202 cm³/mol. The molecule has 13 heteroatoms. The van der Waals surface area contributed by atoms with Crippen molar-refractivity contribution < 1.29 is 23.7 Å². The molecule has 47 heavy (non-hydrogen) atoms.